The number of thiophene rings is 1. The minimum atomic E-state index is -0.0618. The Morgan fingerprint density at radius 1 is 1.30 bits per heavy atom. The van der Waals surface area contributed by atoms with E-state index in [0.717, 1.165) is 20.3 Å². The molecule has 0 saturated carbocycles. The first-order valence-electron chi connectivity index (χ1n) is 7.30. The SMILES string of the molecule is CC(=O)NCc1ccc(-c2nc(NC(=O)CCCN)sc2C)s1. The Bertz CT molecular complexity index is 693. The molecular weight excluding hydrogens is 332 g/mol. The average Bonchev–Trinajstić information content (AvgIpc) is 3.09. The molecule has 0 aliphatic rings. The number of thiazole rings is 1. The number of hydrogen-bond acceptors (Lipinski definition) is 6. The molecule has 2 aromatic rings. The number of aryl methyl sites for hydroxylation is 1. The van der Waals surface area contributed by atoms with E-state index in [9.17, 15) is 9.59 Å². The summed E-state index contributed by atoms with van der Waals surface area (Å²) in [5, 5.41) is 6.20. The third-order valence-corrected chi connectivity index (χ3v) is 5.04. The van der Waals surface area contributed by atoms with Crippen LogP contribution in [-0.4, -0.2) is 23.3 Å². The number of nitrogens with two attached hydrogens (primary N) is 1. The standard InChI is InChI=1S/C15H20N4O2S2/c1-9-14(12-6-5-11(23-12)8-17-10(2)20)19-15(22-9)18-13(21)4-3-7-16/h5-6H,3-4,7-8,16H2,1-2H3,(H,17,20)(H,18,19,21). The minimum Gasteiger partial charge on any atom is -0.351 e. The van der Waals surface area contributed by atoms with Crippen LogP contribution >= 0.6 is 22.7 Å². The Balaban J connectivity index is 2.06. The van der Waals surface area contributed by atoms with Crippen molar-refractivity contribution in [1.82, 2.24) is 10.3 Å². The molecule has 0 radical (unpaired) electrons. The second-order valence-corrected chi connectivity index (χ2v) is 7.41. The third kappa shape index (κ3) is 5.12. The van der Waals surface area contributed by atoms with Crippen molar-refractivity contribution in [2.45, 2.75) is 33.2 Å². The van der Waals surface area contributed by atoms with Gasteiger partial charge in [-0.05, 0) is 32.0 Å². The highest BCUT2D eigenvalue weighted by atomic mass is 32.1. The van der Waals surface area contributed by atoms with Crippen LogP contribution in [0.2, 0.25) is 0 Å². The molecule has 2 amide bonds. The minimum absolute atomic E-state index is 0.0488. The van der Waals surface area contributed by atoms with Crippen molar-refractivity contribution in [3.8, 4) is 10.6 Å². The van der Waals surface area contributed by atoms with Crippen LogP contribution in [0.25, 0.3) is 10.6 Å². The molecule has 0 aromatic carbocycles. The number of aromatic nitrogens is 1. The summed E-state index contributed by atoms with van der Waals surface area (Å²) in [6.45, 7) is 4.50. The number of anilines is 1. The Morgan fingerprint density at radius 2 is 2.09 bits per heavy atom. The van der Waals surface area contributed by atoms with Gasteiger partial charge in [0.15, 0.2) is 5.13 Å². The van der Waals surface area contributed by atoms with Gasteiger partial charge in [-0.1, -0.05) is 0 Å². The highest BCUT2D eigenvalue weighted by molar-refractivity contribution is 7.18. The smallest absolute Gasteiger partial charge is 0.226 e. The van der Waals surface area contributed by atoms with Crippen LogP contribution in [0.3, 0.4) is 0 Å². The number of nitrogens with one attached hydrogen (secondary N) is 2. The molecular formula is C15H20N4O2S2. The number of amides is 2. The van der Waals surface area contributed by atoms with Gasteiger partial charge in [0.1, 0.15) is 0 Å². The summed E-state index contributed by atoms with van der Waals surface area (Å²) < 4.78 is 0. The summed E-state index contributed by atoms with van der Waals surface area (Å²) in [6, 6.07) is 3.97. The highest BCUT2D eigenvalue weighted by Crippen LogP contribution is 2.34. The Morgan fingerprint density at radius 3 is 2.78 bits per heavy atom. The molecule has 2 heterocycles. The number of rotatable bonds is 7. The van der Waals surface area contributed by atoms with E-state index in [2.05, 4.69) is 15.6 Å². The monoisotopic (exact) mass is 352 g/mol. The molecule has 8 heteroatoms. The summed E-state index contributed by atoms with van der Waals surface area (Å²) in [6.07, 6.45) is 1.07. The average molecular weight is 352 g/mol. The van der Waals surface area contributed by atoms with Gasteiger partial charge in [0.2, 0.25) is 11.8 Å². The van der Waals surface area contributed by atoms with Gasteiger partial charge in [0.25, 0.3) is 0 Å². The van der Waals surface area contributed by atoms with E-state index in [-0.39, 0.29) is 11.8 Å². The predicted octanol–water partition coefficient (Wildman–Crippen LogP) is 2.49. The van der Waals surface area contributed by atoms with Gasteiger partial charge in [0, 0.05) is 23.1 Å². The van der Waals surface area contributed by atoms with Crippen LogP contribution in [0.1, 0.15) is 29.5 Å². The van der Waals surface area contributed by atoms with Crippen molar-refractivity contribution >= 4 is 39.6 Å². The Hall–Kier alpha value is -1.77. The first-order valence-corrected chi connectivity index (χ1v) is 8.93. The van der Waals surface area contributed by atoms with Gasteiger partial charge in [-0.15, -0.1) is 22.7 Å². The van der Waals surface area contributed by atoms with E-state index in [1.165, 1.54) is 18.3 Å². The van der Waals surface area contributed by atoms with E-state index < -0.39 is 0 Å². The second kappa shape index (κ2) is 8.19. The molecule has 124 valence electrons. The van der Waals surface area contributed by atoms with Gasteiger partial charge < -0.3 is 16.4 Å². The second-order valence-electron chi connectivity index (χ2n) is 5.04. The van der Waals surface area contributed by atoms with Crippen molar-refractivity contribution in [2.24, 2.45) is 5.73 Å². The fourth-order valence-corrected chi connectivity index (χ4v) is 3.84. The Labute approximate surface area is 143 Å². The van der Waals surface area contributed by atoms with Crippen molar-refractivity contribution in [2.75, 3.05) is 11.9 Å². The van der Waals surface area contributed by atoms with Gasteiger partial charge in [0.05, 0.1) is 17.1 Å². The molecule has 4 N–H and O–H groups in total. The van der Waals surface area contributed by atoms with Gasteiger partial charge in [-0.3, -0.25) is 9.59 Å². The normalized spacial score (nSPS) is 10.6. The molecule has 0 fully saturated rings. The molecule has 0 saturated heterocycles. The van der Waals surface area contributed by atoms with E-state index in [0.29, 0.717) is 31.1 Å². The van der Waals surface area contributed by atoms with E-state index in [4.69, 9.17) is 5.73 Å². The first kappa shape index (κ1) is 17.6. The van der Waals surface area contributed by atoms with Crippen LogP contribution < -0.4 is 16.4 Å². The lowest BCUT2D eigenvalue weighted by Gasteiger charge is -1.99. The van der Waals surface area contributed by atoms with Crippen molar-refractivity contribution in [1.29, 1.82) is 0 Å². The summed E-state index contributed by atoms with van der Waals surface area (Å²) in [4.78, 5) is 30.4. The largest absolute Gasteiger partial charge is 0.351 e. The topological polar surface area (TPSA) is 97.1 Å². The van der Waals surface area contributed by atoms with Crippen LogP contribution in [0.15, 0.2) is 12.1 Å². The third-order valence-electron chi connectivity index (χ3n) is 3.06. The van der Waals surface area contributed by atoms with Crippen molar-refractivity contribution < 1.29 is 9.59 Å². The molecule has 0 spiro atoms. The van der Waals surface area contributed by atoms with Crippen molar-refractivity contribution in [3.05, 3.63) is 21.9 Å². The zero-order chi connectivity index (χ0) is 16.8. The van der Waals surface area contributed by atoms with Gasteiger partial charge in [-0.2, -0.15) is 0 Å². The molecule has 2 aromatic heterocycles. The number of hydrogen-bond donors (Lipinski definition) is 3. The number of nitrogens with zero attached hydrogens (tertiary/aromatic N) is 1. The van der Waals surface area contributed by atoms with E-state index in [1.807, 2.05) is 19.1 Å². The summed E-state index contributed by atoms with van der Waals surface area (Å²) in [5.74, 6) is -0.111. The molecule has 0 aliphatic carbocycles. The molecule has 23 heavy (non-hydrogen) atoms. The number of carbonyl (C=O) groups is 2. The van der Waals surface area contributed by atoms with Crippen molar-refractivity contribution in [3.63, 3.8) is 0 Å². The Kier molecular flexibility index (Phi) is 6.26. The lowest BCUT2D eigenvalue weighted by molar-refractivity contribution is -0.119. The summed E-state index contributed by atoms with van der Waals surface area (Å²) in [5.41, 5.74) is 6.28. The van der Waals surface area contributed by atoms with Crippen LogP contribution in [-0.2, 0) is 16.1 Å². The lowest BCUT2D eigenvalue weighted by Crippen LogP contribution is -2.17. The first-order chi connectivity index (χ1) is 11.0. The number of carbonyl (C=O) groups excluding carboxylic acids is 2. The zero-order valence-electron chi connectivity index (χ0n) is 13.1. The molecule has 0 atom stereocenters. The highest BCUT2D eigenvalue weighted by Gasteiger charge is 2.14. The molecule has 0 aliphatic heterocycles. The predicted molar refractivity (Wildman–Crippen MR) is 94.6 cm³/mol. The quantitative estimate of drug-likeness (QED) is 0.713. The van der Waals surface area contributed by atoms with Crippen LogP contribution in [0, 0.1) is 6.92 Å². The maximum atomic E-state index is 11.7. The summed E-state index contributed by atoms with van der Waals surface area (Å²) in [7, 11) is 0. The maximum absolute atomic E-state index is 11.7. The van der Waals surface area contributed by atoms with Crippen LogP contribution in [0.4, 0.5) is 5.13 Å². The van der Waals surface area contributed by atoms with Gasteiger partial charge in [-0.25, -0.2) is 4.98 Å². The molecule has 0 bridgehead atoms. The van der Waals surface area contributed by atoms with Crippen LogP contribution in [0.5, 0.6) is 0 Å². The fraction of sp³-hybridized carbons (Fsp3) is 0.400. The summed E-state index contributed by atoms with van der Waals surface area (Å²) >= 11 is 3.05. The molecule has 6 nitrogen and oxygen atoms in total. The lowest BCUT2D eigenvalue weighted by atomic mass is 10.3. The fourth-order valence-electron chi connectivity index (χ4n) is 1.93. The molecule has 2 rings (SSSR count). The van der Waals surface area contributed by atoms with Gasteiger partial charge >= 0.3 is 0 Å². The molecule has 0 unspecified atom stereocenters. The zero-order valence-corrected chi connectivity index (χ0v) is 14.8. The van der Waals surface area contributed by atoms with E-state index >= 15 is 0 Å². The maximum Gasteiger partial charge on any atom is 0.226 e. The van der Waals surface area contributed by atoms with E-state index in [1.54, 1.807) is 11.3 Å².